The van der Waals surface area contributed by atoms with Gasteiger partial charge in [-0.2, -0.15) is 5.10 Å². The minimum absolute atomic E-state index is 0.0215. The number of carbonyl (C=O) groups is 1. The topological polar surface area (TPSA) is 77.4 Å². The van der Waals surface area contributed by atoms with E-state index in [2.05, 4.69) is 20.5 Å². The van der Waals surface area contributed by atoms with Gasteiger partial charge in [0.15, 0.2) is 6.23 Å². The molecule has 1 atom stereocenters. The third-order valence-corrected chi connectivity index (χ3v) is 5.47. The number of rotatable bonds is 7. The van der Waals surface area contributed by atoms with Gasteiger partial charge < -0.3 is 20.1 Å². The van der Waals surface area contributed by atoms with Gasteiger partial charge in [0.2, 0.25) is 0 Å². The Balaban J connectivity index is 1.59. The number of hydrogen-bond donors (Lipinski definition) is 2. The zero-order valence-corrected chi connectivity index (χ0v) is 18.6. The number of ether oxygens (including phenoxy) is 2. The number of para-hydroxylation sites is 2. The smallest absolute Gasteiger partial charge is 0.405 e. The molecule has 1 amide bonds. The average Bonchev–Trinajstić information content (AvgIpc) is 3.26. The number of benzene rings is 2. The highest BCUT2D eigenvalue weighted by atomic mass is 19.4. The van der Waals surface area contributed by atoms with Crippen LogP contribution in [-0.2, 0) is 11.3 Å². The van der Waals surface area contributed by atoms with Crippen LogP contribution in [0.4, 0.5) is 18.9 Å². The summed E-state index contributed by atoms with van der Waals surface area (Å²) in [5.41, 5.74) is 3.00. The first-order valence-electron chi connectivity index (χ1n) is 11.0. The zero-order chi connectivity index (χ0) is 24.1. The molecule has 1 fully saturated rings. The first-order valence-corrected chi connectivity index (χ1v) is 11.0. The van der Waals surface area contributed by atoms with Gasteiger partial charge in [0, 0.05) is 24.9 Å². The maximum absolute atomic E-state index is 12.7. The SMILES string of the molecule is CNc1ccccc1-c1cc(CNC(=O)c2ccccc2OC(F)(F)F)nn1C1CCCCO1. The van der Waals surface area contributed by atoms with Gasteiger partial charge in [0.05, 0.1) is 23.5 Å². The first-order chi connectivity index (χ1) is 16.4. The van der Waals surface area contributed by atoms with Crippen molar-refractivity contribution < 1.29 is 27.4 Å². The lowest BCUT2D eigenvalue weighted by molar-refractivity contribution is -0.274. The molecule has 10 heteroatoms. The quantitative estimate of drug-likeness (QED) is 0.497. The Kier molecular flexibility index (Phi) is 7.06. The largest absolute Gasteiger partial charge is 0.573 e. The van der Waals surface area contributed by atoms with Crippen LogP contribution in [0.15, 0.2) is 54.6 Å². The molecule has 2 heterocycles. The Labute approximate surface area is 194 Å². The van der Waals surface area contributed by atoms with Crippen LogP contribution in [0.1, 0.15) is 41.5 Å². The number of amides is 1. The lowest BCUT2D eigenvalue weighted by Gasteiger charge is -2.25. The fourth-order valence-corrected chi connectivity index (χ4v) is 3.93. The van der Waals surface area contributed by atoms with E-state index in [0.717, 1.165) is 42.3 Å². The van der Waals surface area contributed by atoms with Crippen LogP contribution >= 0.6 is 0 Å². The van der Waals surface area contributed by atoms with Crippen molar-refractivity contribution in [3.8, 4) is 17.0 Å². The highest BCUT2D eigenvalue weighted by Gasteiger charge is 2.33. The predicted molar refractivity (Wildman–Crippen MR) is 120 cm³/mol. The van der Waals surface area contributed by atoms with E-state index in [1.807, 2.05) is 42.1 Å². The van der Waals surface area contributed by atoms with Gasteiger partial charge in [-0.25, -0.2) is 4.68 Å². The zero-order valence-electron chi connectivity index (χ0n) is 18.6. The minimum Gasteiger partial charge on any atom is -0.405 e. The molecular weight excluding hydrogens is 449 g/mol. The number of nitrogens with zero attached hydrogens (tertiary/aromatic N) is 2. The van der Waals surface area contributed by atoms with Crippen molar-refractivity contribution in [1.82, 2.24) is 15.1 Å². The molecule has 1 aromatic heterocycles. The van der Waals surface area contributed by atoms with Crippen LogP contribution in [0.3, 0.4) is 0 Å². The summed E-state index contributed by atoms with van der Waals surface area (Å²) < 4.78 is 49.8. The van der Waals surface area contributed by atoms with E-state index in [1.54, 1.807) is 0 Å². The Morgan fingerprint density at radius 1 is 1.18 bits per heavy atom. The van der Waals surface area contributed by atoms with Crippen molar-refractivity contribution in [3.05, 3.63) is 65.9 Å². The van der Waals surface area contributed by atoms with Gasteiger partial charge in [0.1, 0.15) is 5.75 Å². The molecule has 0 spiro atoms. The molecule has 0 radical (unpaired) electrons. The van der Waals surface area contributed by atoms with Gasteiger partial charge in [-0.1, -0.05) is 30.3 Å². The summed E-state index contributed by atoms with van der Waals surface area (Å²) >= 11 is 0. The van der Waals surface area contributed by atoms with E-state index in [9.17, 15) is 18.0 Å². The second-order valence-corrected chi connectivity index (χ2v) is 7.81. The van der Waals surface area contributed by atoms with Crippen LogP contribution in [0, 0.1) is 0 Å². The van der Waals surface area contributed by atoms with Crippen molar-refractivity contribution in [2.45, 2.75) is 38.4 Å². The lowest BCUT2D eigenvalue weighted by atomic mass is 10.1. The number of halogens is 3. The Hall–Kier alpha value is -3.53. The van der Waals surface area contributed by atoms with E-state index in [0.29, 0.717) is 12.3 Å². The van der Waals surface area contributed by atoms with Crippen molar-refractivity contribution in [2.24, 2.45) is 0 Å². The lowest BCUT2D eigenvalue weighted by Crippen LogP contribution is -2.26. The van der Waals surface area contributed by atoms with E-state index in [1.165, 1.54) is 18.2 Å². The number of hydrogen-bond acceptors (Lipinski definition) is 5. The summed E-state index contributed by atoms with van der Waals surface area (Å²) in [5, 5.41) is 10.5. The normalized spacial score (nSPS) is 16.2. The van der Waals surface area contributed by atoms with Crippen LogP contribution in [0.25, 0.3) is 11.3 Å². The average molecular weight is 474 g/mol. The fourth-order valence-electron chi connectivity index (χ4n) is 3.93. The van der Waals surface area contributed by atoms with E-state index >= 15 is 0 Å². The van der Waals surface area contributed by atoms with Gasteiger partial charge in [-0.05, 0) is 43.5 Å². The van der Waals surface area contributed by atoms with Crippen molar-refractivity contribution in [2.75, 3.05) is 19.0 Å². The summed E-state index contributed by atoms with van der Waals surface area (Å²) in [4.78, 5) is 12.7. The maximum Gasteiger partial charge on any atom is 0.573 e. The highest BCUT2D eigenvalue weighted by molar-refractivity contribution is 5.96. The summed E-state index contributed by atoms with van der Waals surface area (Å²) in [6.07, 6.45) is -2.32. The Bertz CT molecular complexity index is 1140. The van der Waals surface area contributed by atoms with Crippen molar-refractivity contribution >= 4 is 11.6 Å². The Morgan fingerprint density at radius 2 is 1.94 bits per heavy atom. The van der Waals surface area contributed by atoms with Crippen LogP contribution in [-0.4, -0.2) is 35.7 Å². The first kappa shape index (κ1) is 23.6. The predicted octanol–water partition coefficient (Wildman–Crippen LogP) is 5.12. The molecule has 1 unspecified atom stereocenters. The number of nitrogens with one attached hydrogen (secondary N) is 2. The highest BCUT2D eigenvalue weighted by Crippen LogP contribution is 2.33. The molecule has 0 saturated carbocycles. The van der Waals surface area contributed by atoms with Crippen LogP contribution in [0.2, 0.25) is 0 Å². The van der Waals surface area contributed by atoms with Gasteiger partial charge in [-0.3, -0.25) is 4.79 Å². The second-order valence-electron chi connectivity index (χ2n) is 7.81. The van der Waals surface area contributed by atoms with E-state index < -0.39 is 18.0 Å². The molecule has 1 aliphatic rings. The molecule has 180 valence electrons. The molecule has 4 rings (SSSR count). The fraction of sp³-hybridized carbons (Fsp3) is 0.333. The van der Waals surface area contributed by atoms with E-state index in [-0.39, 0.29) is 18.3 Å². The van der Waals surface area contributed by atoms with Crippen molar-refractivity contribution in [3.63, 3.8) is 0 Å². The maximum atomic E-state index is 12.7. The molecule has 34 heavy (non-hydrogen) atoms. The van der Waals surface area contributed by atoms with E-state index in [4.69, 9.17) is 4.74 Å². The molecule has 1 saturated heterocycles. The number of aromatic nitrogens is 2. The van der Waals surface area contributed by atoms with Gasteiger partial charge in [0.25, 0.3) is 5.91 Å². The molecule has 7 nitrogen and oxygen atoms in total. The molecule has 2 aromatic carbocycles. The third-order valence-electron chi connectivity index (χ3n) is 5.47. The molecule has 0 bridgehead atoms. The molecular formula is C24H25F3N4O3. The summed E-state index contributed by atoms with van der Waals surface area (Å²) in [5.74, 6) is -1.25. The van der Waals surface area contributed by atoms with Gasteiger partial charge in [-0.15, -0.1) is 13.2 Å². The minimum atomic E-state index is -4.90. The number of carbonyl (C=O) groups excluding carboxylic acids is 1. The third kappa shape index (κ3) is 5.51. The monoisotopic (exact) mass is 474 g/mol. The number of alkyl halides is 3. The van der Waals surface area contributed by atoms with Crippen molar-refractivity contribution in [1.29, 1.82) is 0 Å². The summed E-state index contributed by atoms with van der Waals surface area (Å²) in [6, 6.07) is 14.8. The summed E-state index contributed by atoms with van der Waals surface area (Å²) in [7, 11) is 1.83. The molecule has 3 aromatic rings. The van der Waals surface area contributed by atoms with Crippen LogP contribution in [0.5, 0.6) is 5.75 Å². The van der Waals surface area contributed by atoms with Gasteiger partial charge >= 0.3 is 6.36 Å². The molecule has 0 aliphatic carbocycles. The molecule has 1 aliphatic heterocycles. The Morgan fingerprint density at radius 3 is 2.68 bits per heavy atom. The number of anilines is 1. The molecule has 2 N–H and O–H groups in total. The standard InChI is InChI=1S/C24H25F3N4O3/c1-28-19-10-4-2-8-17(19)20-14-16(30-31(20)22-12-6-7-13-33-22)15-29-23(32)18-9-3-5-11-21(18)34-24(25,26)27/h2-5,8-11,14,22,28H,6-7,12-13,15H2,1H3,(H,29,32). The summed E-state index contributed by atoms with van der Waals surface area (Å²) in [6.45, 7) is 0.660. The van der Waals surface area contributed by atoms with Crippen LogP contribution < -0.4 is 15.4 Å². The second kappa shape index (κ2) is 10.2.